The molecule has 188 valence electrons. The number of methoxy groups -OCH3 is 2. The predicted octanol–water partition coefficient (Wildman–Crippen LogP) is 5.05. The predicted molar refractivity (Wildman–Crippen MR) is 146 cm³/mol. The molecule has 0 heterocycles. The maximum absolute atomic E-state index is 10.9. The van der Waals surface area contributed by atoms with Gasteiger partial charge in [0.2, 0.25) is 11.8 Å². The molecule has 0 bridgehead atoms. The Balaban J connectivity index is 0.000000201. The zero-order valence-corrected chi connectivity index (χ0v) is 21.4. The van der Waals surface area contributed by atoms with Crippen molar-refractivity contribution in [3.63, 3.8) is 0 Å². The molecule has 0 fully saturated rings. The number of carbonyl (C=O) groups is 2. The molecule has 4 aromatic carbocycles. The van der Waals surface area contributed by atoms with Crippen LogP contribution >= 0.6 is 0 Å². The van der Waals surface area contributed by atoms with Crippen molar-refractivity contribution in [3.8, 4) is 11.5 Å². The van der Waals surface area contributed by atoms with Crippen molar-refractivity contribution in [2.75, 3.05) is 27.3 Å². The van der Waals surface area contributed by atoms with Crippen LogP contribution in [0.4, 0.5) is 0 Å². The molecule has 4 rings (SSSR count). The van der Waals surface area contributed by atoms with Crippen LogP contribution in [0.25, 0.3) is 21.5 Å². The highest BCUT2D eigenvalue weighted by Gasteiger charge is 2.04. The van der Waals surface area contributed by atoms with Gasteiger partial charge in [0.1, 0.15) is 11.5 Å². The number of hydrogen-bond donors (Lipinski definition) is 2. The molecule has 2 N–H and O–H groups in total. The van der Waals surface area contributed by atoms with E-state index in [0.29, 0.717) is 13.1 Å². The van der Waals surface area contributed by atoms with Crippen molar-refractivity contribution in [1.82, 2.24) is 10.6 Å². The van der Waals surface area contributed by atoms with Crippen LogP contribution in [-0.4, -0.2) is 39.1 Å². The van der Waals surface area contributed by atoms with Crippen LogP contribution in [0.1, 0.15) is 25.0 Å². The standard InChI is InChI=1S/2C15H17NO2/c2*1-11(17)16-9-8-13-5-3-4-12-6-7-14(18-2)10-15(12)13/h2*3-7,10H,8-9H2,1-2H3,(H,16,17). The molecule has 0 radical (unpaired) electrons. The van der Waals surface area contributed by atoms with Crippen molar-refractivity contribution in [1.29, 1.82) is 0 Å². The Morgan fingerprint density at radius 3 is 1.42 bits per heavy atom. The summed E-state index contributed by atoms with van der Waals surface area (Å²) < 4.78 is 10.5. The van der Waals surface area contributed by atoms with E-state index in [-0.39, 0.29) is 11.8 Å². The van der Waals surface area contributed by atoms with Gasteiger partial charge in [-0.25, -0.2) is 0 Å². The van der Waals surface area contributed by atoms with Crippen LogP contribution in [0.5, 0.6) is 11.5 Å². The second-order valence-corrected chi connectivity index (χ2v) is 8.47. The minimum Gasteiger partial charge on any atom is -0.497 e. The highest BCUT2D eigenvalue weighted by Crippen LogP contribution is 2.25. The largest absolute Gasteiger partial charge is 0.497 e. The first kappa shape index (κ1) is 26.5. The zero-order valence-electron chi connectivity index (χ0n) is 21.4. The van der Waals surface area contributed by atoms with E-state index in [0.717, 1.165) is 24.3 Å². The van der Waals surface area contributed by atoms with Crippen molar-refractivity contribution < 1.29 is 19.1 Å². The van der Waals surface area contributed by atoms with Crippen molar-refractivity contribution >= 4 is 33.4 Å². The summed E-state index contributed by atoms with van der Waals surface area (Å²) in [5.74, 6) is 1.73. The number of amides is 2. The molecule has 36 heavy (non-hydrogen) atoms. The fourth-order valence-electron chi connectivity index (χ4n) is 4.07. The lowest BCUT2D eigenvalue weighted by Crippen LogP contribution is -2.22. The molecule has 4 aromatic rings. The van der Waals surface area contributed by atoms with E-state index in [2.05, 4.69) is 47.0 Å². The molecule has 0 aliphatic heterocycles. The summed E-state index contributed by atoms with van der Waals surface area (Å²) in [6.45, 7) is 4.38. The number of hydrogen-bond acceptors (Lipinski definition) is 4. The van der Waals surface area contributed by atoms with Crippen molar-refractivity contribution in [2.45, 2.75) is 26.7 Å². The van der Waals surface area contributed by atoms with Gasteiger partial charge in [-0.05, 0) is 69.8 Å². The highest BCUT2D eigenvalue weighted by molar-refractivity contribution is 5.88. The number of ether oxygens (including phenoxy) is 2. The van der Waals surface area contributed by atoms with Crippen LogP contribution in [0.15, 0.2) is 72.8 Å². The molecule has 6 heteroatoms. The Labute approximate surface area is 212 Å². The van der Waals surface area contributed by atoms with Gasteiger partial charge >= 0.3 is 0 Å². The van der Waals surface area contributed by atoms with Gasteiger partial charge in [-0.3, -0.25) is 9.59 Å². The molecule has 0 atom stereocenters. The summed E-state index contributed by atoms with van der Waals surface area (Å²) in [4.78, 5) is 21.7. The Bertz CT molecular complexity index is 1230. The van der Waals surface area contributed by atoms with Gasteiger partial charge < -0.3 is 20.1 Å². The summed E-state index contributed by atoms with van der Waals surface area (Å²) in [6, 6.07) is 24.5. The van der Waals surface area contributed by atoms with E-state index in [1.54, 1.807) is 14.2 Å². The third-order valence-corrected chi connectivity index (χ3v) is 5.90. The lowest BCUT2D eigenvalue weighted by atomic mass is 10.0. The average molecular weight is 487 g/mol. The highest BCUT2D eigenvalue weighted by atomic mass is 16.5. The van der Waals surface area contributed by atoms with E-state index in [4.69, 9.17) is 9.47 Å². The van der Waals surface area contributed by atoms with Crippen molar-refractivity contribution in [3.05, 3.63) is 83.9 Å². The Kier molecular flexibility index (Phi) is 9.69. The summed E-state index contributed by atoms with van der Waals surface area (Å²) in [6.07, 6.45) is 1.65. The van der Waals surface area contributed by atoms with Gasteiger partial charge in [0.15, 0.2) is 0 Å². The van der Waals surface area contributed by atoms with E-state index < -0.39 is 0 Å². The van der Waals surface area contributed by atoms with Gasteiger partial charge in [-0.1, -0.05) is 48.5 Å². The van der Waals surface area contributed by atoms with Gasteiger partial charge in [-0.2, -0.15) is 0 Å². The first-order chi connectivity index (χ1) is 17.4. The number of carbonyl (C=O) groups excluding carboxylic acids is 2. The quantitative estimate of drug-likeness (QED) is 0.365. The second-order valence-electron chi connectivity index (χ2n) is 8.47. The minimum absolute atomic E-state index is 0.00724. The van der Waals surface area contributed by atoms with Gasteiger partial charge in [0.25, 0.3) is 0 Å². The third-order valence-electron chi connectivity index (χ3n) is 5.90. The minimum atomic E-state index is 0.00724. The molecule has 0 aromatic heterocycles. The number of benzene rings is 4. The average Bonchev–Trinajstić information content (AvgIpc) is 2.88. The first-order valence-corrected chi connectivity index (χ1v) is 12.0. The Morgan fingerprint density at radius 2 is 1.06 bits per heavy atom. The summed E-state index contributed by atoms with van der Waals surface area (Å²) in [5, 5.41) is 10.4. The smallest absolute Gasteiger partial charge is 0.216 e. The van der Waals surface area contributed by atoms with Crippen LogP contribution < -0.4 is 20.1 Å². The Hall–Kier alpha value is -4.06. The van der Waals surface area contributed by atoms with E-state index in [9.17, 15) is 9.59 Å². The molecule has 0 saturated heterocycles. The molecule has 2 amide bonds. The monoisotopic (exact) mass is 486 g/mol. The third kappa shape index (κ3) is 7.47. The molecule has 0 saturated carbocycles. The van der Waals surface area contributed by atoms with Crippen LogP contribution in [-0.2, 0) is 22.4 Å². The molecule has 0 aliphatic carbocycles. The topological polar surface area (TPSA) is 76.7 Å². The number of nitrogens with one attached hydrogen (secondary N) is 2. The zero-order chi connectivity index (χ0) is 25.9. The van der Waals surface area contributed by atoms with Crippen LogP contribution in [0, 0.1) is 0 Å². The molecule has 6 nitrogen and oxygen atoms in total. The molecular formula is C30H34N2O4. The molecule has 0 aliphatic rings. The fourth-order valence-corrected chi connectivity index (χ4v) is 4.07. The molecule has 0 unspecified atom stereocenters. The van der Waals surface area contributed by atoms with Gasteiger partial charge in [0, 0.05) is 26.9 Å². The first-order valence-electron chi connectivity index (χ1n) is 12.0. The lowest BCUT2D eigenvalue weighted by molar-refractivity contribution is -0.119. The molecule has 0 spiro atoms. The number of fused-ring (bicyclic) bond motifs is 2. The van der Waals surface area contributed by atoms with E-state index in [1.165, 1.54) is 46.5 Å². The van der Waals surface area contributed by atoms with E-state index in [1.807, 2.05) is 36.4 Å². The molecular weight excluding hydrogens is 452 g/mol. The maximum atomic E-state index is 10.9. The van der Waals surface area contributed by atoms with Crippen LogP contribution in [0.2, 0.25) is 0 Å². The Morgan fingerprint density at radius 1 is 0.639 bits per heavy atom. The van der Waals surface area contributed by atoms with Gasteiger partial charge in [-0.15, -0.1) is 0 Å². The van der Waals surface area contributed by atoms with Crippen LogP contribution in [0.3, 0.4) is 0 Å². The van der Waals surface area contributed by atoms with Crippen molar-refractivity contribution in [2.24, 2.45) is 0 Å². The summed E-state index contributed by atoms with van der Waals surface area (Å²) in [5.41, 5.74) is 2.44. The van der Waals surface area contributed by atoms with Gasteiger partial charge in [0.05, 0.1) is 14.2 Å². The summed E-state index contributed by atoms with van der Waals surface area (Å²) >= 11 is 0. The number of rotatable bonds is 8. The second kappa shape index (κ2) is 13.1. The lowest BCUT2D eigenvalue weighted by Gasteiger charge is -2.08. The fraction of sp³-hybridized carbons (Fsp3) is 0.267. The maximum Gasteiger partial charge on any atom is 0.216 e. The normalized spacial score (nSPS) is 10.3. The summed E-state index contributed by atoms with van der Waals surface area (Å²) in [7, 11) is 3.34. The van der Waals surface area contributed by atoms with E-state index >= 15 is 0 Å². The SMILES string of the molecule is COc1ccc2cccc(CCNC(C)=O)c2c1.COc1ccc2cccc(CCNC(C)=O)c2c1.